The lowest BCUT2D eigenvalue weighted by Crippen LogP contribution is -2.55. The highest BCUT2D eigenvalue weighted by Gasteiger charge is 2.44. The zero-order valence-corrected chi connectivity index (χ0v) is 16.9. The lowest BCUT2D eigenvalue weighted by molar-refractivity contribution is -0.232. The predicted molar refractivity (Wildman–Crippen MR) is 113 cm³/mol. The van der Waals surface area contributed by atoms with E-state index in [0.717, 1.165) is 16.7 Å². The van der Waals surface area contributed by atoms with Gasteiger partial charge in [-0.1, -0.05) is 42.5 Å². The van der Waals surface area contributed by atoms with Crippen LogP contribution in [0.4, 0.5) is 0 Å². The molecule has 0 spiro atoms. The molecule has 7 heteroatoms. The summed E-state index contributed by atoms with van der Waals surface area (Å²) in [6, 6.07) is 17.4. The second-order valence-corrected chi connectivity index (χ2v) is 8.44. The molecule has 0 bridgehead atoms. The summed E-state index contributed by atoms with van der Waals surface area (Å²) in [5.41, 5.74) is 3.43. The smallest absolute Gasteiger partial charge is 0.121 e. The molecule has 158 valence electrons. The largest absolute Gasteiger partial charge is 0.508 e. The van der Waals surface area contributed by atoms with E-state index >= 15 is 0 Å². The molecule has 1 aromatic heterocycles. The molecule has 0 aliphatic carbocycles. The number of hydrogen-bond donors (Lipinski definition) is 5. The van der Waals surface area contributed by atoms with Crippen LogP contribution in [0.15, 0.2) is 60.0 Å². The van der Waals surface area contributed by atoms with E-state index in [1.165, 1.54) is 4.88 Å². The van der Waals surface area contributed by atoms with Crippen molar-refractivity contribution in [2.45, 2.75) is 36.9 Å². The van der Waals surface area contributed by atoms with Crippen LogP contribution in [-0.4, -0.2) is 56.6 Å². The molecule has 1 fully saturated rings. The molecule has 1 aliphatic heterocycles. The minimum atomic E-state index is -1.48. The molecular weight excluding hydrogens is 404 g/mol. The van der Waals surface area contributed by atoms with E-state index in [1.807, 2.05) is 17.5 Å². The van der Waals surface area contributed by atoms with Crippen molar-refractivity contribution >= 4 is 11.3 Å². The number of rotatable bonds is 5. The SMILES string of the molecule is OC[C@H]1O[C@@H](c2ccc(Cc3ccc(-c4cccs4)cc3)cc2O)[C@H](O)[C@@H](O)[C@@H]1O. The van der Waals surface area contributed by atoms with Gasteiger partial charge in [0.1, 0.15) is 36.3 Å². The third kappa shape index (κ3) is 4.13. The summed E-state index contributed by atoms with van der Waals surface area (Å²) in [4.78, 5) is 1.21. The van der Waals surface area contributed by atoms with Crippen LogP contribution in [0.2, 0.25) is 0 Å². The number of benzene rings is 2. The molecule has 2 aromatic carbocycles. The molecule has 0 radical (unpaired) electrons. The van der Waals surface area contributed by atoms with E-state index in [2.05, 4.69) is 30.3 Å². The van der Waals surface area contributed by atoms with Crippen molar-refractivity contribution in [3.63, 3.8) is 0 Å². The monoisotopic (exact) mass is 428 g/mol. The molecule has 4 rings (SSSR count). The van der Waals surface area contributed by atoms with E-state index in [1.54, 1.807) is 23.5 Å². The zero-order valence-electron chi connectivity index (χ0n) is 16.1. The summed E-state index contributed by atoms with van der Waals surface area (Å²) in [5, 5.41) is 52.1. The second kappa shape index (κ2) is 8.85. The number of aliphatic hydroxyl groups excluding tert-OH is 4. The third-order valence-corrected chi connectivity index (χ3v) is 6.38. The highest BCUT2D eigenvalue weighted by Crippen LogP contribution is 2.37. The molecular formula is C23H24O6S. The molecule has 1 saturated heterocycles. The first-order valence-electron chi connectivity index (χ1n) is 9.73. The summed E-state index contributed by atoms with van der Waals surface area (Å²) in [5.74, 6) is -0.0768. The van der Waals surface area contributed by atoms with Gasteiger partial charge in [-0.2, -0.15) is 0 Å². The Hall–Kier alpha value is -2.26. The summed E-state index contributed by atoms with van der Waals surface area (Å²) in [6.07, 6.45) is -5.80. The van der Waals surface area contributed by atoms with E-state index in [9.17, 15) is 25.5 Å². The first kappa shape index (κ1) is 21.0. The number of aromatic hydroxyl groups is 1. The van der Waals surface area contributed by atoms with Gasteiger partial charge in [-0.3, -0.25) is 0 Å². The Balaban J connectivity index is 1.50. The van der Waals surface area contributed by atoms with Crippen molar-refractivity contribution in [1.82, 2.24) is 0 Å². The van der Waals surface area contributed by atoms with E-state index in [0.29, 0.717) is 12.0 Å². The maximum Gasteiger partial charge on any atom is 0.121 e. The maximum atomic E-state index is 10.5. The van der Waals surface area contributed by atoms with Gasteiger partial charge in [0.05, 0.1) is 6.61 Å². The second-order valence-electron chi connectivity index (χ2n) is 7.49. The van der Waals surface area contributed by atoms with Crippen molar-refractivity contribution in [3.05, 3.63) is 76.7 Å². The number of phenols is 1. The first-order valence-corrected chi connectivity index (χ1v) is 10.6. The van der Waals surface area contributed by atoms with E-state index < -0.39 is 37.1 Å². The summed E-state index contributed by atoms with van der Waals surface area (Å²) in [7, 11) is 0. The predicted octanol–water partition coefficient (Wildman–Crippen LogP) is 2.23. The minimum absolute atomic E-state index is 0.0768. The average Bonchev–Trinajstić information content (AvgIpc) is 3.29. The summed E-state index contributed by atoms with van der Waals surface area (Å²) >= 11 is 1.69. The Kier molecular flexibility index (Phi) is 6.19. The quantitative estimate of drug-likeness (QED) is 0.426. The highest BCUT2D eigenvalue weighted by molar-refractivity contribution is 7.13. The number of ether oxygens (including phenoxy) is 1. The fraction of sp³-hybridized carbons (Fsp3) is 0.304. The molecule has 0 unspecified atom stereocenters. The molecule has 6 nitrogen and oxygen atoms in total. The Morgan fingerprint density at radius 2 is 1.60 bits per heavy atom. The van der Waals surface area contributed by atoms with Crippen LogP contribution < -0.4 is 0 Å². The molecule has 0 amide bonds. The van der Waals surface area contributed by atoms with Gasteiger partial charge in [0.25, 0.3) is 0 Å². The lowest BCUT2D eigenvalue weighted by atomic mass is 9.90. The highest BCUT2D eigenvalue weighted by atomic mass is 32.1. The molecule has 5 N–H and O–H groups in total. The summed E-state index contributed by atoms with van der Waals surface area (Å²) in [6.45, 7) is -0.512. The van der Waals surface area contributed by atoms with Crippen molar-refractivity contribution in [3.8, 4) is 16.2 Å². The Morgan fingerprint density at radius 1 is 0.867 bits per heavy atom. The molecule has 0 saturated carbocycles. The van der Waals surface area contributed by atoms with Gasteiger partial charge in [-0.05, 0) is 40.6 Å². The standard InChI is InChI=1S/C23H24O6S/c24-12-18-20(26)21(27)22(28)23(29-18)16-8-5-14(11-17(16)25)10-13-3-6-15(7-4-13)19-2-1-9-30-19/h1-9,11,18,20-28H,10,12H2/t18-,20-,21+,22-,23+/m1/s1. The van der Waals surface area contributed by atoms with Gasteiger partial charge in [-0.25, -0.2) is 0 Å². The van der Waals surface area contributed by atoms with Crippen LogP contribution in [-0.2, 0) is 11.2 Å². The van der Waals surface area contributed by atoms with E-state index in [-0.39, 0.29) is 5.75 Å². The van der Waals surface area contributed by atoms with Gasteiger partial charge in [0.15, 0.2) is 0 Å². The molecule has 2 heterocycles. The normalized spacial score (nSPS) is 26.6. The number of phenolic OH excluding ortho intramolecular Hbond substituents is 1. The Labute approximate surface area is 178 Å². The van der Waals surface area contributed by atoms with E-state index in [4.69, 9.17) is 4.74 Å². The topological polar surface area (TPSA) is 110 Å². The van der Waals surface area contributed by atoms with Gasteiger partial charge < -0.3 is 30.3 Å². The number of thiophene rings is 1. The van der Waals surface area contributed by atoms with Crippen LogP contribution in [0.1, 0.15) is 22.8 Å². The van der Waals surface area contributed by atoms with Crippen LogP contribution >= 0.6 is 11.3 Å². The van der Waals surface area contributed by atoms with Crippen molar-refractivity contribution in [2.24, 2.45) is 0 Å². The molecule has 5 atom stereocenters. The van der Waals surface area contributed by atoms with Crippen molar-refractivity contribution in [2.75, 3.05) is 6.61 Å². The number of aliphatic hydroxyl groups is 4. The number of hydrogen-bond acceptors (Lipinski definition) is 7. The lowest BCUT2D eigenvalue weighted by Gasteiger charge is -2.40. The fourth-order valence-corrected chi connectivity index (χ4v) is 4.50. The van der Waals surface area contributed by atoms with Crippen LogP contribution in [0.3, 0.4) is 0 Å². The van der Waals surface area contributed by atoms with Crippen molar-refractivity contribution < 1.29 is 30.3 Å². The Bertz CT molecular complexity index is 970. The minimum Gasteiger partial charge on any atom is -0.508 e. The van der Waals surface area contributed by atoms with Gasteiger partial charge in [0, 0.05) is 10.4 Å². The zero-order chi connectivity index (χ0) is 21.3. The van der Waals surface area contributed by atoms with Crippen LogP contribution in [0.25, 0.3) is 10.4 Å². The van der Waals surface area contributed by atoms with Gasteiger partial charge in [0.2, 0.25) is 0 Å². The van der Waals surface area contributed by atoms with Crippen LogP contribution in [0.5, 0.6) is 5.75 Å². The third-order valence-electron chi connectivity index (χ3n) is 5.46. The molecule has 1 aliphatic rings. The molecule has 3 aromatic rings. The maximum absolute atomic E-state index is 10.5. The summed E-state index contributed by atoms with van der Waals surface area (Å²) < 4.78 is 5.54. The first-order chi connectivity index (χ1) is 14.5. The molecule has 30 heavy (non-hydrogen) atoms. The van der Waals surface area contributed by atoms with Crippen LogP contribution in [0, 0.1) is 0 Å². The Morgan fingerprint density at radius 3 is 2.23 bits per heavy atom. The fourth-order valence-electron chi connectivity index (χ4n) is 3.76. The van der Waals surface area contributed by atoms with Gasteiger partial charge >= 0.3 is 0 Å². The van der Waals surface area contributed by atoms with Gasteiger partial charge in [-0.15, -0.1) is 11.3 Å². The average molecular weight is 429 g/mol. The van der Waals surface area contributed by atoms with Crippen molar-refractivity contribution in [1.29, 1.82) is 0 Å².